The Balaban J connectivity index is 1.67. The van der Waals surface area contributed by atoms with Gasteiger partial charge < -0.3 is 19.8 Å². The molecule has 1 aromatic rings. The van der Waals surface area contributed by atoms with E-state index < -0.39 is 19.3 Å². The molecule has 1 heterocycles. The van der Waals surface area contributed by atoms with Gasteiger partial charge in [0.05, 0.1) is 23.0 Å². The molecule has 0 bridgehead atoms. The average Bonchev–Trinajstić information content (AvgIpc) is 2.73. The summed E-state index contributed by atoms with van der Waals surface area (Å²) in [6.07, 6.45) is -0.699. The Labute approximate surface area is 211 Å². The minimum Gasteiger partial charge on any atom is -0.445 e. The SMILES string of the molecule is C[C@@H](O[Si](C)(C)C(C)(C)C)[C@H]1C(=O)N[C@@H]1CC(=O)SCCNC(=O)OCc1ccc([N+](=O)[O-])cc1. The zero-order chi connectivity index (χ0) is 26.4. The molecular weight excluding hydrogens is 490 g/mol. The van der Waals surface area contributed by atoms with Gasteiger partial charge in [-0.15, -0.1) is 0 Å². The van der Waals surface area contributed by atoms with Gasteiger partial charge in [-0.25, -0.2) is 4.79 Å². The zero-order valence-corrected chi connectivity index (χ0v) is 22.9. The number of ether oxygens (including phenoxy) is 1. The number of non-ortho nitro benzene ring substituents is 1. The van der Waals surface area contributed by atoms with Crippen molar-refractivity contribution in [3.05, 3.63) is 39.9 Å². The molecule has 3 atom stereocenters. The Hall–Kier alpha value is -2.44. The first-order valence-electron chi connectivity index (χ1n) is 11.5. The quantitative estimate of drug-likeness (QED) is 0.145. The third kappa shape index (κ3) is 8.32. The van der Waals surface area contributed by atoms with E-state index in [1.807, 2.05) is 6.92 Å². The van der Waals surface area contributed by atoms with Crippen LogP contribution in [0.3, 0.4) is 0 Å². The van der Waals surface area contributed by atoms with Crippen molar-refractivity contribution in [1.82, 2.24) is 10.6 Å². The maximum atomic E-state index is 12.4. The van der Waals surface area contributed by atoms with E-state index in [0.29, 0.717) is 11.3 Å². The first-order chi connectivity index (χ1) is 16.2. The molecule has 35 heavy (non-hydrogen) atoms. The van der Waals surface area contributed by atoms with Crippen LogP contribution in [0.25, 0.3) is 0 Å². The Morgan fingerprint density at radius 3 is 2.43 bits per heavy atom. The van der Waals surface area contributed by atoms with Crippen LogP contribution < -0.4 is 10.6 Å². The van der Waals surface area contributed by atoms with Crippen LogP contribution in [0.1, 0.15) is 39.7 Å². The second-order valence-corrected chi connectivity index (χ2v) is 16.0. The van der Waals surface area contributed by atoms with Crippen molar-refractivity contribution in [2.75, 3.05) is 12.3 Å². The maximum absolute atomic E-state index is 12.4. The third-order valence-electron chi connectivity index (χ3n) is 6.39. The molecule has 10 nitrogen and oxygen atoms in total. The first-order valence-corrected chi connectivity index (χ1v) is 15.4. The van der Waals surface area contributed by atoms with Gasteiger partial charge in [-0.2, -0.15) is 0 Å². The molecule has 1 aliphatic heterocycles. The monoisotopic (exact) mass is 525 g/mol. The van der Waals surface area contributed by atoms with Crippen LogP contribution in [-0.4, -0.2) is 54.8 Å². The highest BCUT2D eigenvalue weighted by atomic mass is 32.2. The number of nitro benzene ring substituents is 1. The lowest BCUT2D eigenvalue weighted by Gasteiger charge is -2.45. The lowest BCUT2D eigenvalue weighted by Crippen LogP contribution is -2.64. The molecule has 1 fully saturated rings. The molecule has 0 unspecified atom stereocenters. The van der Waals surface area contributed by atoms with Crippen LogP contribution in [0.5, 0.6) is 0 Å². The molecular formula is C23H35N3O7SSi. The number of amides is 2. The molecule has 194 valence electrons. The van der Waals surface area contributed by atoms with E-state index in [1.54, 1.807) is 0 Å². The molecule has 2 N–H and O–H groups in total. The molecule has 0 saturated carbocycles. The number of carbonyl (C=O) groups is 3. The zero-order valence-electron chi connectivity index (χ0n) is 21.1. The second kappa shape index (κ2) is 12.0. The predicted molar refractivity (Wildman–Crippen MR) is 137 cm³/mol. The van der Waals surface area contributed by atoms with Crippen LogP contribution in [0.15, 0.2) is 24.3 Å². The normalized spacial score (nSPS) is 18.7. The Bertz CT molecular complexity index is 934. The van der Waals surface area contributed by atoms with E-state index in [4.69, 9.17) is 9.16 Å². The Morgan fingerprint density at radius 1 is 1.26 bits per heavy atom. The van der Waals surface area contributed by atoms with Crippen LogP contribution in [-0.2, 0) is 25.4 Å². The number of benzene rings is 1. The van der Waals surface area contributed by atoms with Crippen molar-refractivity contribution < 1.29 is 28.5 Å². The molecule has 2 rings (SSSR count). The van der Waals surface area contributed by atoms with Crippen molar-refractivity contribution in [3.63, 3.8) is 0 Å². The number of thioether (sulfide) groups is 1. The highest BCUT2D eigenvalue weighted by Crippen LogP contribution is 2.39. The van der Waals surface area contributed by atoms with Gasteiger partial charge >= 0.3 is 6.09 Å². The lowest BCUT2D eigenvalue weighted by molar-refractivity contribution is -0.384. The van der Waals surface area contributed by atoms with Crippen LogP contribution in [0.2, 0.25) is 18.1 Å². The average molecular weight is 526 g/mol. The van der Waals surface area contributed by atoms with E-state index in [-0.39, 0.29) is 59.4 Å². The number of hydrogen-bond acceptors (Lipinski definition) is 8. The smallest absolute Gasteiger partial charge is 0.407 e. The molecule has 12 heteroatoms. The third-order valence-corrected chi connectivity index (χ3v) is 11.9. The fraction of sp³-hybridized carbons (Fsp3) is 0.609. The summed E-state index contributed by atoms with van der Waals surface area (Å²) in [5.41, 5.74) is 0.587. The van der Waals surface area contributed by atoms with Crippen LogP contribution in [0.4, 0.5) is 10.5 Å². The van der Waals surface area contributed by atoms with Crippen LogP contribution in [0, 0.1) is 16.0 Å². The minimum absolute atomic E-state index is 0.0200. The standard InChI is InChI=1S/C23H35N3O7SSi/c1-15(33-35(5,6)23(2,3)4)20-18(25-21(20)28)13-19(27)34-12-11-24-22(29)32-14-16-7-9-17(10-8-16)26(30)31/h7-10,15,18,20H,11-14H2,1-6H3,(H,24,29)(H,25,28)/t15-,18-,20-/m1/s1. The van der Waals surface area contributed by atoms with Crippen LogP contribution >= 0.6 is 11.8 Å². The number of rotatable bonds is 11. The molecule has 1 saturated heterocycles. The van der Waals surface area contributed by atoms with E-state index >= 15 is 0 Å². The van der Waals surface area contributed by atoms with Crippen molar-refractivity contribution in [3.8, 4) is 0 Å². The van der Waals surface area contributed by atoms with Gasteiger partial charge in [0.2, 0.25) is 5.91 Å². The summed E-state index contributed by atoms with van der Waals surface area (Å²) in [7, 11) is -2.03. The summed E-state index contributed by atoms with van der Waals surface area (Å²) in [5, 5.41) is 16.0. The van der Waals surface area contributed by atoms with Crippen molar-refractivity contribution >= 4 is 42.9 Å². The van der Waals surface area contributed by atoms with E-state index in [9.17, 15) is 24.5 Å². The molecule has 0 aliphatic carbocycles. The van der Waals surface area contributed by atoms with Crippen molar-refractivity contribution in [2.45, 2.75) is 71.0 Å². The van der Waals surface area contributed by atoms with E-state index in [0.717, 1.165) is 11.8 Å². The Kier molecular flexibility index (Phi) is 9.87. The second-order valence-electron chi connectivity index (χ2n) is 10.1. The maximum Gasteiger partial charge on any atom is 0.407 e. The van der Waals surface area contributed by atoms with Gasteiger partial charge in [-0.1, -0.05) is 32.5 Å². The summed E-state index contributed by atoms with van der Waals surface area (Å²) in [6.45, 7) is 12.8. The number of β-lactam (4-membered cyclic amide) rings is 1. The molecule has 1 aromatic carbocycles. The highest BCUT2D eigenvalue weighted by molar-refractivity contribution is 8.13. The number of carbonyl (C=O) groups excluding carboxylic acids is 3. The molecule has 0 aromatic heterocycles. The Morgan fingerprint density at radius 2 is 1.89 bits per heavy atom. The summed E-state index contributed by atoms with van der Waals surface area (Å²) in [6, 6.07) is 5.47. The summed E-state index contributed by atoms with van der Waals surface area (Å²) in [4.78, 5) is 46.5. The molecule has 0 radical (unpaired) electrons. The number of hydrogen-bond donors (Lipinski definition) is 2. The van der Waals surface area contributed by atoms with Gasteiger partial charge in [0.25, 0.3) is 5.69 Å². The largest absolute Gasteiger partial charge is 0.445 e. The minimum atomic E-state index is -2.03. The summed E-state index contributed by atoms with van der Waals surface area (Å²) >= 11 is 1.09. The topological polar surface area (TPSA) is 137 Å². The molecule has 2 amide bonds. The van der Waals surface area contributed by atoms with Gasteiger partial charge in [-0.3, -0.25) is 19.7 Å². The predicted octanol–water partition coefficient (Wildman–Crippen LogP) is 4.00. The summed E-state index contributed by atoms with van der Waals surface area (Å²) in [5.74, 6) is -0.0649. The highest BCUT2D eigenvalue weighted by Gasteiger charge is 2.47. The number of alkyl carbamates (subject to hydrolysis) is 1. The summed E-state index contributed by atoms with van der Waals surface area (Å²) < 4.78 is 11.4. The van der Waals surface area contributed by atoms with Crippen molar-refractivity contribution in [1.29, 1.82) is 0 Å². The van der Waals surface area contributed by atoms with Gasteiger partial charge in [-0.05, 0) is 42.8 Å². The first kappa shape index (κ1) is 28.8. The number of nitro groups is 1. The number of nitrogens with one attached hydrogen (secondary N) is 2. The lowest BCUT2D eigenvalue weighted by atomic mass is 9.84. The fourth-order valence-corrected chi connectivity index (χ4v) is 5.52. The fourth-order valence-electron chi connectivity index (χ4n) is 3.36. The molecule has 1 aliphatic rings. The van der Waals surface area contributed by atoms with Crippen molar-refractivity contribution in [2.24, 2.45) is 5.92 Å². The van der Waals surface area contributed by atoms with Gasteiger partial charge in [0, 0.05) is 30.9 Å². The molecule has 0 spiro atoms. The van der Waals surface area contributed by atoms with Gasteiger partial charge in [0.15, 0.2) is 13.4 Å². The van der Waals surface area contributed by atoms with E-state index in [2.05, 4.69) is 44.5 Å². The number of nitrogens with zero attached hydrogens (tertiary/aromatic N) is 1. The van der Waals surface area contributed by atoms with Gasteiger partial charge in [0.1, 0.15) is 6.61 Å². The van der Waals surface area contributed by atoms with E-state index in [1.165, 1.54) is 24.3 Å².